The number of hydrogen-bond donors (Lipinski definition) is 1. The predicted molar refractivity (Wildman–Crippen MR) is 130 cm³/mol. The maximum atomic E-state index is 14.5. The number of ether oxygens (including phenoxy) is 1. The van der Waals surface area contributed by atoms with Gasteiger partial charge in [0.1, 0.15) is 11.5 Å². The van der Waals surface area contributed by atoms with Gasteiger partial charge in [-0.05, 0) is 48.5 Å². The Bertz CT molecular complexity index is 1220. The molecular formula is C26H23N2O5P. The van der Waals surface area contributed by atoms with Crippen LogP contribution in [0.2, 0.25) is 0 Å². The van der Waals surface area contributed by atoms with Gasteiger partial charge in [-0.3, -0.25) is 4.98 Å². The molecule has 0 saturated heterocycles. The Morgan fingerprint density at radius 1 is 0.824 bits per heavy atom. The van der Waals surface area contributed by atoms with Gasteiger partial charge in [0.2, 0.25) is 0 Å². The minimum Gasteiger partial charge on any atom is -0.465 e. The van der Waals surface area contributed by atoms with Crippen LogP contribution in [0.15, 0.2) is 109 Å². The third-order valence-corrected chi connectivity index (χ3v) is 6.78. The number of anilines is 1. The molecule has 0 spiro atoms. The molecule has 0 aliphatic rings. The molecular weight excluding hydrogens is 451 g/mol. The summed E-state index contributed by atoms with van der Waals surface area (Å²) in [5.41, 5.74) is 1.23. The van der Waals surface area contributed by atoms with Gasteiger partial charge in [-0.15, -0.1) is 0 Å². The van der Waals surface area contributed by atoms with E-state index in [4.69, 9.17) is 13.8 Å². The summed E-state index contributed by atoms with van der Waals surface area (Å²) in [6.45, 7) is 0. The molecule has 0 fully saturated rings. The molecule has 0 aliphatic carbocycles. The van der Waals surface area contributed by atoms with Crippen molar-refractivity contribution in [1.29, 1.82) is 0 Å². The van der Waals surface area contributed by atoms with Gasteiger partial charge in [0.15, 0.2) is 5.78 Å². The van der Waals surface area contributed by atoms with Crippen LogP contribution >= 0.6 is 7.60 Å². The van der Waals surface area contributed by atoms with Gasteiger partial charge in [-0.25, -0.2) is 9.36 Å². The van der Waals surface area contributed by atoms with Crippen molar-refractivity contribution in [1.82, 2.24) is 4.98 Å². The first kappa shape index (κ1) is 23.1. The lowest BCUT2D eigenvalue weighted by molar-refractivity contribution is 0.0600. The topological polar surface area (TPSA) is 86.8 Å². The van der Waals surface area contributed by atoms with E-state index in [2.05, 4.69) is 10.3 Å². The lowest BCUT2D eigenvalue weighted by Gasteiger charge is -2.28. The Hall–Kier alpha value is -4.09. The number of rotatable bonds is 9. The first-order valence-corrected chi connectivity index (χ1v) is 12.1. The van der Waals surface area contributed by atoms with Gasteiger partial charge in [0.25, 0.3) is 0 Å². The number of nitrogens with zero attached hydrogens (tertiary/aromatic N) is 1. The Balaban J connectivity index is 1.83. The minimum atomic E-state index is -4.04. The molecule has 4 rings (SSSR count). The van der Waals surface area contributed by atoms with Crippen molar-refractivity contribution in [3.05, 3.63) is 121 Å². The first-order chi connectivity index (χ1) is 16.6. The molecule has 1 atom stereocenters. The van der Waals surface area contributed by atoms with E-state index in [9.17, 15) is 9.36 Å². The molecule has 1 heterocycles. The van der Waals surface area contributed by atoms with Crippen molar-refractivity contribution >= 4 is 19.3 Å². The predicted octanol–water partition coefficient (Wildman–Crippen LogP) is 6.33. The molecule has 4 aromatic rings. The van der Waals surface area contributed by atoms with Crippen molar-refractivity contribution in [2.75, 3.05) is 12.4 Å². The zero-order chi connectivity index (χ0) is 23.8. The zero-order valence-electron chi connectivity index (χ0n) is 18.4. The molecule has 3 aromatic carbocycles. The fraction of sp³-hybridized carbons (Fsp3) is 0.0769. The maximum absolute atomic E-state index is 14.5. The summed E-state index contributed by atoms with van der Waals surface area (Å²) in [6.07, 6.45) is 1.45. The minimum absolute atomic E-state index is 0.262. The van der Waals surface area contributed by atoms with E-state index in [-0.39, 0.29) is 5.56 Å². The van der Waals surface area contributed by atoms with Crippen LogP contribution in [0.3, 0.4) is 0 Å². The third-order valence-electron chi connectivity index (χ3n) is 4.83. The third kappa shape index (κ3) is 5.63. The molecule has 7 nitrogen and oxygen atoms in total. The molecule has 0 bridgehead atoms. The average Bonchev–Trinajstić information content (AvgIpc) is 2.88. The Morgan fingerprint density at radius 3 is 1.88 bits per heavy atom. The maximum Gasteiger partial charge on any atom is 0.459 e. The molecule has 1 aromatic heterocycles. The van der Waals surface area contributed by atoms with Crippen molar-refractivity contribution in [2.45, 2.75) is 5.78 Å². The summed E-state index contributed by atoms with van der Waals surface area (Å²) in [7, 11) is -2.75. The summed E-state index contributed by atoms with van der Waals surface area (Å²) < 4.78 is 31.5. The monoisotopic (exact) mass is 474 g/mol. The summed E-state index contributed by atoms with van der Waals surface area (Å²) >= 11 is 0. The van der Waals surface area contributed by atoms with Crippen LogP contribution in [0, 0.1) is 0 Å². The quantitative estimate of drug-likeness (QED) is 0.224. The number of benzene rings is 3. The molecule has 1 unspecified atom stereocenters. The molecule has 8 heteroatoms. The van der Waals surface area contributed by atoms with Gasteiger partial charge in [0.05, 0.1) is 18.4 Å². The zero-order valence-corrected chi connectivity index (χ0v) is 19.3. The Morgan fingerprint density at radius 2 is 1.35 bits per heavy atom. The number of esters is 1. The highest BCUT2D eigenvalue weighted by molar-refractivity contribution is 7.55. The fourth-order valence-corrected chi connectivity index (χ4v) is 5.08. The molecule has 0 aliphatic heterocycles. The highest BCUT2D eigenvalue weighted by Gasteiger charge is 2.42. The van der Waals surface area contributed by atoms with Crippen LogP contribution in [-0.2, 0) is 9.30 Å². The van der Waals surface area contributed by atoms with Gasteiger partial charge in [0, 0.05) is 11.9 Å². The SMILES string of the molecule is COC(=O)c1ccnc(C(Nc2ccccc2)P(=O)(Oc2ccccc2)Oc2ccccc2)c1. The number of methoxy groups -OCH3 is 1. The molecule has 0 saturated carbocycles. The van der Waals surface area contributed by atoms with Crippen molar-refractivity contribution in [2.24, 2.45) is 0 Å². The van der Waals surface area contributed by atoms with Crippen LogP contribution in [0.4, 0.5) is 5.69 Å². The second-order valence-electron chi connectivity index (χ2n) is 7.22. The van der Waals surface area contributed by atoms with Gasteiger partial charge < -0.3 is 19.1 Å². The van der Waals surface area contributed by atoms with Gasteiger partial charge in [-0.2, -0.15) is 0 Å². The molecule has 0 radical (unpaired) electrons. The van der Waals surface area contributed by atoms with Crippen LogP contribution in [0.25, 0.3) is 0 Å². The van der Waals surface area contributed by atoms with Crippen molar-refractivity contribution < 1.29 is 23.1 Å². The highest BCUT2D eigenvalue weighted by Crippen LogP contribution is 2.59. The van der Waals surface area contributed by atoms with Crippen LogP contribution in [-0.4, -0.2) is 18.1 Å². The Kier molecular flexibility index (Phi) is 7.25. The van der Waals surface area contributed by atoms with Crippen molar-refractivity contribution in [3.8, 4) is 11.5 Å². The first-order valence-electron chi connectivity index (χ1n) is 10.5. The van der Waals surface area contributed by atoms with Crippen LogP contribution in [0.5, 0.6) is 11.5 Å². The summed E-state index contributed by atoms with van der Waals surface area (Å²) in [4.78, 5) is 16.6. The number of nitrogens with one attached hydrogen (secondary N) is 1. The second-order valence-corrected chi connectivity index (χ2v) is 9.18. The van der Waals surface area contributed by atoms with Gasteiger partial charge >= 0.3 is 13.6 Å². The van der Waals surface area contributed by atoms with E-state index < -0.39 is 19.3 Å². The Labute approximate surface area is 197 Å². The number of hydrogen-bond acceptors (Lipinski definition) is 7. The fourth-order valence-electron chi connectivity index (χ4n) is 3.23. The molecule has 1 N–H and O–H groups in total. The lowest BCUT2D eigenvalue weighted by Crippen LogP contribution is -2.20. The van der Waals surface area contributed by atoms with Gasteiger partial charge in [-0.1, -0.05) is 54.6 Å². The summed E-state index contributed by atoms with van der Waals surface area (Å²) in [6, 6.07) is 29.8. The van der Waals surface area contributed by atoms with E-state index in [1.54, 1.807) is 48.5 Å². The lowest BCUT2D eigenvalue weighted by atomic mass is 10.2. The smallest absolute Gasteiger partial charge is 0.459 e. The van der Waals surface area contributed by atoms with Crippen LogP contribution in [0.1, 0.15) is 21.8 Å². The van der Waals surface area contributed by atoms with E-state index in [1.165, 1.54) is 25.4 Å². The number of carbonyl (C=O) groups excluding carboxylic acids is 1. The molecule has 0 amide bonds. The number of para-hydroxylation sites is 3. The highest BCUT2D eigenvalue weighted by atomic mass is 31.2. The van der Waals surface area contributed by atoms with Crippen LogP contribution < -0.4 is 14.4 Å². The normalized spacial score (nSPS) is 11.8. The largest absolute Gasteiger partial charge is 0.465 e. The number of pyridine rings is 1. The van der Waals surface area contributed by atoms with E-state index >= 15 is 0 Å². The van der Waals surface area contributed by atoms with E-state index in [0.29, 0.717) is 22.9 Å². The standard InChI is InChI=1S/C26H23N2O5P/c1-31-26(29)20-17-18-27-24(19-20)25(28-21-11-5-2-6-12-21)34(30,32-22-13-7-3-8-14-22)33-23-15-9-4-10-16-23/h2-19,25,28H,1H3. The number of carbonyl (C=O) groups is 1. The number of aromatic nitrogens is 1. The molecule has 34 heavy (non-hydrogen) atoms. The van der Waals surface area contributed by atoms with Crippen molar-refractivity contribution in [3.63, 3.8) is 0 Å². The average molecular weight is 474 g/mol. The van der Waals surface area contributed by atoms with E-state index in [1.807, 2.05) is 42.5 Å². The summed E-state index contributed by atoms with van der Waals surface area (Å²) in [5.74, 6) is -0.860. The molecule has 172 valence electrons. The second kappa shape index (κ2) is 10.7. The van der Waals surface area contributed by atoms with E-state index in [0.717, 1.165) is 0 Å². The summed E-state index contributed by atoms with van der Waals surface area (Å²) in [5, 5.41) is 3.23.